The van der Waals surface area contributed by atoms with E-state index in [4.69, 9.17) is 4.74 Å². The molecule has 1 aliphatic rings. The molecule has 1 aromatic carbocycles. The lowest BCUT2D eigenvalue weighted by atomic mass is 10.0. The molecule has 1 N–H and O–H groups in total. The van der Waals surface area contributed by atoms with Crippen molar-refractivity contribution in [2.24, 2.45) is 5.92 Å². The second-order valence-corrected chi connectivity index (χ2v) is 5.93. The molecular formula is C15H22BrNO. The zero-order valence-corrected chi connectivity index (χ0v) is 12.8. The van der Waals surface area contributed by atoms with E-state index in [1.165, 1.54) is 31.2 Å². The summed E-state index contributed by atoms with van der Waals surface area (Å²) in [6, 6.07) is 6.90. The van der Waals surface area contributed by atoms with Gasteiger partial charge in [-0.25, -0.2) is 0 Å². The molecule has 0 spiro atoms. The minimum atomic E-state index is 0.486. The average molecular weight is 312 g/mol. The Hall–Kier alpha value is -0.540. The lowest BCUT2D eigenvalue weighted by molar-refractivity contribution is 0.411. The van der Waals surface area contributed by atoms with E-state index in [0.717, 1.165) is 22.7 Å². The van der Waals surface area contributed by atoms with Gasteiger partial charge in [0.05, 0.1) is 11.6 Å². The Morgan fingerprint density at radius 1 is 1.44 bits per heavy atom. The van der Waals surface area contributed by atoms with Crippen LogP contribution in [0.5, 0.6) is 5.75 Å². The van der Waals surface area contributed by atoms with Crippen LogP contribution in [-0.4, -0.2) is 13.7 Å². The molecule has 0 amide bonds. The van der Waals surface area contributed by atoms with E-state index in [1.807, 2.05) is 6.07 Å². The molecule has 1 saturated carbocycles. The third-order valence-corrected chi connectivity index (χ3v) is 4.10. The summed E-state index contributed by atoms with van der Waals surface area (Å²) in [5.41, 5.74) is 1.36. The molecule has 1 atom stereocenters. The second-order valence-electron chi connectivity index (χ2n) is 5.08. The predicted molar refractivity (Wildman–Crippen MR) is 79.1 cm³/mol. The highest BCUT2D eigenvalue weighted by atomic mass is 79.9. The van der Waals surface area contributed by atoms with E-state index < -0.39 is 0 Å². The minimum absolute atomic E-state index is 0.486. The van der Waals surface area contributed by atoms with Crippen LogP contribution in [-0.2, 0) is 0 Å². The molecule has 1 aromatic rings. The van der Waals surface area contributed by atoms with Crippen molar-refractivity contribution in [3.63, 3.8) is 0 Å². The van der Waals surface area contributed by atoms with E-state index >= 15 is 0 Å². The number of methoxy groups -OCH3 is 1. The summed E-state index contributed by atoms with van der Waals surface area (Å²) in [5.74, 6) is 1.83. The van der Waals surface area contributed by atoms with Crippen LogP contribution < -0.4 is 10.1 Å². The Morgan fingerprint density at radius 3 is 2.78 bits per heavy atom. The number of benzene rings is 1. The van der Waals surface area contributed by atoms with Crippen molar-refractivity contribution in [2.45, 2.75) is 38.6 Å². The summed E-state index contributed by atoms with van der Waals surface area (Å²) in [5, 5.41) is 3.66. The van der Waals surface area contributed by atoms with Crippen LogP contribution in [0, 0.1) is 5.92 Å². The molecule has 1 aliphatic carbocycles. The standard InChI is InChI=1S/C15H22BrNO/c1-3-8-17-14(9-11-4-5-11)12-6-7-15(18-2)13(16)10-12/h6-7,10-11,14,17H,3-5,8-9H2,1-2H3. The van der Waals surface area contributed by atoms with Gasteiger partial charge in [0.2, 0.25) is 0 Å². The summed E-state index contributed by atoms with van der Waals surface area (Å²) in [7, 11) is 1.71. The second kappa shape index (κ2) is 6.58. The van der Waals surface area contributed by atoms with Crippen LogP contribution in [0.2, 0.25) is 0 Å². The molecule has 2 rings (SSSR count). The maximum absolute atomic E-state index is 5.29. The fourth-order valence-electron chi connectivity index (χ4n) is 2.24. The lowest BCUT2D eigenvalue weighted by Crippen LogP contribution is -2.22. The Bertz CT molecular complexity index is 390. The first-order chi connectivity index (χ1) is 8.74. The molecule has 100 valence electrons. The third kappa shape index (κ3) is 3.72. The maximum Gasteiger partial charge on any atom is 0.133 e. The van der Waals surface area contributed by atoms with Crippen LogP contribution in [0.1, 0.15) is 44.2 Å². The van der Waals surface area contributed by atoms with Crippen molar-refractivity contribution < 1.29 is 4.74 Å². The average Bonchev–Trinajstić information content (AvgIpc) is 3.18. The summed E-state index contributed by atoms with van der Waals surface area (Å²) in [6.45, 7) is 3.30. The molecule has 2 nitrogen and oxygen atoms in total. The first-order valence-electron chi connectivity index (χ1n) is 6.81. The Balaban J connectivity index is 2.09. The van der Waals surface area contributed by atoms with Crippen molar-refractivity contribution >= 4 is 15.9 Å². The molecule has 3 heteroatoms. The van der Waals surface area contributed by atoms with Crippen molar-refractivity contribution in [1.82, 2.24) is 5.32 Å². The number of halogens is 1. The molecule has 0 aromatic heterocycles. The highest BCUT2D eigenvalue weighted by molar-refractivity contribution is 9.10. The molecule has 0 aliphatic heterocycles. The number of rotatable bonds is 7. The topological polar surface area (TPSA) is 21.3 Å². The van der Waals surface area contributed by atoms with Crippen LogP contribution in [0.4, 0.5) is 0 Å². The van der Waals surface area contributed by atoms with Gasteiger partial charge >= 0.3 is 0 Å². The Morgan fingerprint density at radius 2 is 2.22 bits per heavy atom. The summed E-state index contributed by atoms with van der Waals surface area (Å²) in [4.78, 5) is 0. The third-order valence-electron chi connectivity index (χ3n) is 3.48. The molecule has 0 heterocycles. The Kier molecular flexibility index (Phi) is 5.07. The molecule has 1 unspecified atom stereocenters. The van der Waals surface area contributed by atoms with E-state index in [1.54, 1.807) is 7.11 Å². The van der Waals surface area contributed by atoms with Gasteiger partial charge in [-0.3, -0.25) is 0 Å². The zero-order valence-electron chi connectivity index (χ0n) is 11.2. The maximum atomic E-state index is 5.29. The van der Waals surface area contributed by atoms with Crippen LogP contribution in [0.25, 0.3) is 0 Å². The van der Waals surface area contributed by atoms with E-state index in [9.17, 15) is 0 Å². The number of hydrogen-bond acceptors (Lipinski definition) is 2. The first kappa shape index (κ1) is 13.9. The zero-order chi connectivity index (χ0) is 13.0. The van der Waals surface area contributed by atoms with E-state index in [-0.39, 0.29) is 0 Å². The number of ether oxygens (including phenoxy) is 1. The monoisotopic (exact) mass is 311 g/mol. The van der Waals surface area contributed by atoms with E-state index in [0.29, 0.717) is 6.04 Å². The molecule has 0 saturated heterocycles. The lowest BCUT2D eigenvalue weighted by Gasteiger charge is -2.19. The van der Waals surface area contributed by atoms with Gasteiger partial charge in [0.1, 0.15) is 5.75 Å². The van der Waals surface area contributed by atoms with Crippen molar-refractivity contribution in [1.29, 1.82) is 0 Å². The van der Waals surface area contributed by atoms with Crippen molar-refractivity contribution in [3.8, 4) is 5.75 Å². The first-order valence-corrected chi connectivity index (χ1v) is 7.60. The molecule has 18 heavy (non-hydrogen) atoms. The molecule has 1 fully saturated rings. The highest BCUT2D eigenvalue weighted by Crippen LogP contribution is 2.38. The van der Waals surface area contributed by atoms with Gasteiger partial charge in [-0.1, -0.05) is 25.8 Å². The predicted octanol–water partition coefficient (Wildman–Crippen LogP) is 4.30. The highest BCUT2D eigenvalue weighted by Gasteiger charge is 2.26. The van der Waals surface area contributed by atoms with Gasteiger partial charge in [0.15, 0.2) is 0 Å². The molecule has 0 bridgehead atoms. The van der Waals surface area contributed by atoms with Gasteiger partial charge in [-0.2, -0.15) is 0 Å². The van der Waals surface area contributed by atoms with Gasteiger partial charge in [0, 0.05) is 6.04 Å². The van der Waals surface area contributed by atoms with Crippen LogP contribution in [0.15, 0.2) is 22.7 Å². The van der Waals surface area contributed by atoms with Crippen molar-refractivity contribution in [3.05, 3.63) is 28.2 Å². The summed E-state index contributed by atoms with van der Waals surface area (Å²) < 4.78 is 6.33. The SMILES string of the molecule is CCCNC(CC1CC1)c1ccc(OC)c(Br)c1. The van der Waals surface area contributed by atoms with Gasteiger partial charge in [-0.15, -0.1) is 0 Å². The summed E-state index contributed by atoms with van der Waals surface area (Å²) in [6.07, 6.45) is 5.25. The van der Waals surface area contributed by atoms with Crippen LogP contribution in [0.3, 0.4) is 0 Å². The quantitative estimate of drug-likeness (QED) is 0.810. The fraction of sp³-hybridized carbons (Fsp3) is 0.600. The van der Waals surface area contributed by atoms with E-state index in [2.05, 4.69) is 40.3 Å². The summed E-state index contributed by atoms with van der Waals surface area (Å²) >= 11 is 3.57. The molecule has 0 radical (unpaired) electrons. The van der Waals surface area contributed by atoms with Gasteiger partial charge in [-0.05, 0) is 58.9 Å². The Labute approximate surface area is 118 Å². The number of nitrogens with one attached hydrogen (secondary N) is 1. The normalized spacial score (nSPS) is 16.6. The smallest absolute Gasteiger partial charge is 0.133 e. The minimum Gasteiger partial charge on any atom is -0.496 e. The number of hydrogen-bond donors (Lipinski definition) is 1. The van der Waals surface area contributed by atoms with Crippen molar-refractivity contribution in [2.75, 3.05) is 13.7 Å². The fourth-order valence-corrected chi connectivity index (χ4v) is 2.80. The largest absolute Gasteiger partial charge is 0.496 e. The van der Waals surface area contributed by atoms with Crippen LogP contribution >= 0.6 is 15.9 Å². The molecular weight excluding hydrogens is 290 g/mol. The van der Waals surface area contributed by atoms with Gasteiger partial charge in [0.25, 0.3) is 0 Å². The van der Waals surface area contributed by atoms with Gasteiger partial charge < -0.3 is 10.1 Å².